The van der Waals surface area contributed by atoms with E-state index in [1.807, 2.05) is 0 Å². The molecule has 5 N–H and O–H groups in total. The number of carbonyl (C=O) groups excluding carboxylic acids is 2. The number of unbranched alkanes of at least 4 members (excludes halogenated alkanes) is 2. The first kappa shape index (κ1) is 14.4. The summed E-state index contributed by atoms with van der Waals surface area (Å²) in [4.78, 5) is 23.0. The van der Waals surface area contributed by atoms with Gasteiger partial charge in [-0.25, -0.2) is 4.79 Å². The highest BCUT2D eigenvalue weighted by Crippen LogP contribution is 2.17. The van der Waals surface area contributed by atoms with E-state index in [1.165, 1.54) is 6.21 Å². The van der Waals surface area contributed by atoms with Crippen LogP contribution in [0.1, 0.15) is 32.6 Å². The Morgan fingerprint density at radius 3 is 2.78 bits per heavy atom. The van der Waals surface area contributed by atoms with Gasteiger partial charge in [-0.2, -0.15) is 5.10 Å². The number of nitrogens with one attached hydrogen (secondary N) is 3. The number of carbonyl (C=O) groups is 2. The van der Waals surface area contributed by atoms with Crippen LogP contribution in [0.3, 0.4) is 0 Å². The second kappa shape index (κ2) is 6.29. The largest absolute Gasteiger partial charge is 0.375 e. The molecule has 1 aliphatic heterocycles. The highest BCUT2D eigenvalue weighted by Gasteiger charge is 2.44. The van der Waals surface area contributed by atoms with E-state index in [-0.39, 0.29) is 5.11 Å². The molecule has 0 aromatic carbocycles. The lowest BCUT2D eigenvalue weighted by Gasteiger charge is -2.20. The third-order valence-electron chi connectivity index (χ3n) is 2.60. The summed E-state index contributed by atoms with van der Waals surface area (Å²) in [5, 5.41) is 8.55. The number of nitrogens with zero attached hydrogens (tertiary/aromatic N) is 1. The van der Waals surface area contributed by atoms with Crippen LogP contribution >= 0.6 is 12.2 Å². The molecule has 1 fully saturated rings. The maximum absolute atomic E-state index is 11.8. The molecule has 1 heterocycles. The van der Waals surface area contributed by atoms with Crippen LogP contribution in [0.4, 0.5) is 4.79 Å². The molecule has 0 unspecified atom stereocenters. The van der Waals surface area contributed by atoms with Crippen molar-refractivity contribution in [3.63, 3.8) is 0 Å². The normalized spacial score (nSPS) is 22.9. The minimum absolute atomic E-state index is 0.000287. The summed E-state index contributed by atoms with van der Waals surface area (Å²) >= 11 is 4.60. The van der Waals surface area contributed by atoms with Crippen LogP contribution in [0.15, 0.2) is 5.10 Å². The van der Waals surface area contributed by atoms with Crippen LogP contribution in [0, 0.1) is 0 Å². The van der Waals surface area contributed by atoms with Gasteiger partial charge in [-0.3, -0.25) is 15.5 Å². The van der Waals surface area contributed by atoms with Gasteiger partial charge in [-0.1, -0.05) is 26.2 Å². The van der Waals surface area contributed by atoms with Crippen molar-refractivity contribution in [2.75, 3.05) is 0 Å². The van der Waals surface area contributed by atoms with Gasteiger partial charge in [0.1, 0.15) is 0 Å². The molecule has 18 heavy (non-hydrogen) atoms. The van der Waals surface area contributed by atoms with E-state index < -0.39 is 17.5 Å². The third-order valence-corrected chi connectivity index (χ3v) is 2.69. The van der Waals surface area contributed by atoms with Crippen molar-refractivity contribution in [3.05, 3.63) is 0 Å². The van der Waals surface area contributed by atoms with Gasteiger partial charge in [0.05, 0.1) is 6.21 Å². The van der Waals surface area contributed by atoms with Gasteiger partial charge in [-0.15, -0.1) is 0 Å². The molecule has 0 aromatic rings. The lowest BCUT2D eigenvalue weighted by molar-refractivity contribution is -0.121. The molecule has 0 spiro atoms. The third kappa shape index (κ3) is 3.66. The fraction of sp³-hybridized carbons (Fsp3) is 0.600. The Bertz CT molecular complexity index is 384. The standard InChI is InChI=1S/C10H17N5O2S/c1-2-3-4-5-10(6-12-15-8(11)18)7(16)13-9(17)14-10/h6H,2-5H2,1H3,(H3,11,15,18)(H2,13,14,16,17)/b12-6+/t10-/m0/s1. The molecular formula is C10H17N5O2S. The van der Waals surface area contributed by atoms with E-state index in [1.54, 1.807) is 0 Å². The van der Waals surface area contributed by atoms with E-state index in [9.17, 15) is 9.59 Å². The number of imide groups is 1. The number of hydrogen-bond acceptors (Lipinski definition) is 4. The molecule has 1 saturated heterocycles. The van der Waals surface area contributed by atoms with Crippen molar-refractivity contribution in [1.29, 1.82) is 0 Å². The number of rotatable bonds is 6. The molecule has 100 valence electrons. The first-order valence-corrected chi connectivity index (χ1v) is 6.14. The highest BCUT2D eigenvalue weighted by atomic mass is 32.1. The van der Waals surface area contributed by atoms with E-state index >= 15 is 0 Å². The summed E-state index contributed by atoms with van der Waals surface area (Å²) in [5.74, 6) is -0.405. The molecule has 8 heteroatoms. The molecule has 0 bridgehead atoms. The summed E-state index contributed by atoms with van der Waals surface area (Å²) in [7, 11) is 0. The van der Waals surface area contributed by atoms with E-state index in [0.717, 1.165) is 19.3 Å². The van der Waals surface area contributed by atoms with Crippen molar-refractivity contribution in [1.82, 2.24) is 16.1 Å². The second-order valence-corrected chi connectivity index (χ2v) is 4.51. The lowest BCUT2D eigenvalue weighted by atomic mass is 9.94. The molecule has 7 nitrogen and oxygen atoms in total. The summed E-state index contributed by atoms with van der Waals surface area (Å²) in [6.07, 6.45) is 4.63. The molecule has 0 aliphatic carbocycles. The molecular weight excluding hydrogens is 254 g/mol. The molecule has 3 amide bonds. The number of hydrazone groups is 1. The minimum Gasteiger partial charge on any atom is -0.375 e. The molecule has 1 aliphatic rings. The lowest BCUT2D eigenvalue weighted by Crippen LogP contribution is -2.49. The van der Waals surface area contributed by atoms with Crippen LogP contribution in [0.25, 0.3) is 0 Å². The fourth-order valence-electron chi connectivity index (χ4n) is 1.70. The van der Waals surface area contributed by atoms with Gasteiger partial charge in [-0.05, 0) is 18.6 Å². The zero-order chi connectivity index (χ0) is 13.6. The predicted octanol–water partition coefficient (Wildman–Crippen LogP) is -0.0361. The van der Waals surface area contributed by atoms with Crippen molar-refractivity contribution >= 4 is 35.5 Å². The quantitative estimate of drug-likeness (QED) is 0.178. The van der Waals surface area contributed by atoms with Crippen molar-refractivity contribution in [2.45, 2.75) is 38.1 Å². The van der Waals surface area contributed by atoms with Gasteiger partial charge in [0.25, 0.3) is 5.91 Å². The van der Waals surface area contributed by atoms with Crippen LogP contribution in [-0.4, -0.2) is 28.8 Å². The summed E-state index contributed by atoms with van der Waals surface area (Å²) in [5.41, 5.74) is 6.49. The van der Waals surface area contributed by atoms with Crippen LogP contribution in [0.5, 0.6) is 0 Å². The summed E-state index contributed by atoms with van der Waals surface area (Å²) in [6.45, 7) is 2.06. The monoisotopic (exact) mass is 271 g/mol. The number of hydrogen-bond donors (Lipinski definition) is 4. The van der Waals surface area contributed by atoms with E-state index in [0.29, 0.717) is 6.42 Å². The van der Waals surface area contributed by atoms with Gasteiger partial charge in [0.15, 0.2) is 10.7 Å². The van der Waals surface area contributed by atoms with Crippen LogP contribution in [-0.2, 0) is 4.79 Å². The molecule has 1 atom stereocenters. The first-order valence-electron chi connectivity index (χ1n) is 5.73. The van der Waals surface area contributed by atoms with Crippen molar-refractivity contribution in [3.8, 4) is 0 Å². The Hall–Kier alpha value is -1.70. The Labute approximate surface area is 111 Å². The molecule has 0 aromatic heterocycles. The Kier molecular flexibility index (Phi) is 5.02. The maximum Gasteiger partial charge on any atom is 0.322 e. The van der Waals surface area contributed by atoms with Gasteiger partial charge in [0.2, 0.25) is 0 Å². The average Bonchev–Trinajstić information content (AvgIpc) is 2.54. The smallest absolute Gasteiger partial charge is 0.322 e. The van der Waals surface area contributed by atoms with E-state index in [2.05, 4.69) is 40.3 Å². The zero-order valence-corrected chi connectivity index (χ0v) is 11.0. The Balaban J connectivity index is 2.74. The Morgan fingerprint density at radius 2 is 2.28 bits per heavy atom. The molecule has 0 saturated carbocycles. The summed E-state index contributed by atoms with van der Waals surface area (Å²) in [6, 6.07) is -0.515. The molecule has 1 rings (SSSR count). The molecule has 0 radical (unpaired) electrons. The number of amides is 3. The second-order valence-electron chi connectivity index (χ2n) is 4.07. The van der Waals surface area contributed by atoms with Gasteiger partial charge in [0, 0.05) is 0 Å². The number of thiocarbonyl (C=S) groups is 1. The van der Waals surface area contributed by atoms with Crippen LogP contribution in [0.2, 0.25) is 0 Å². The predicted molar refractivity (Wildman–Crippen MR) is 72.0 cm³/mol. The van der Waals surface area contributed by atoms with E-state index in [4.69, 9.17) is 5.73 Å². The minimum atomic E-state index is -1.11. The average molecular weight is 271 g/mol. The fourth-order valence-corrected chi connectivity index (χ4v) is 1.75. The van der Waals surface area contributed by atoms with Crippen molar-refractivity contribution < 1.29 is 9.59 Å². The van der Waals surface area contributed by atoms with Crippen LogP contribution < -0.4 is 21.8 Å². The van der Waals surface area contributed by atoms with Crippen molar-refractivity contribution in [2.24, 2.45) is 10.8 Å². The maximum atomic E-state index is 11.8. The number of urea groups is 1. The Morgan fingerprint density at radius 1 is 1.56 bits per heavy atom. The van der Waals surface area contributed by atoms with Gasteiger partial charge < -0.3 is 11.1 Å². The SMILES string of the molecule is CCCCC[C@@]1(/C=N/NC(N)=S)NC(=O)NC1=O. The topological polar surface area (TPSA) is 109 Å². The highest BCUT2D eigenvalue weighted by molar-refractivity contribution is 7.80. The summed E-state index contributed by atoms with van der Waals surface area (Å²) < 4.78 is 0. The first-order chi connectivity index (χ1) is 8.50. The van der Waals surface area contributed by atoms with Gasteiger partial charge >= 0.3 is 6.03 Å². The number of nitrogens with two attached hydrogens (primary N) is 1. The zero-order valence-electron chi connectivity index (χ0n) is 10.2.